The molecule has 0 saturated carbocycles. The monoisotopic (exact) mass is 270 g/mol. The van der Waals surface area contributed by atoms with Crippen LogP contribution in [0.4, 0.5) is 17.1 Å². The van der Waals surface area contributed by atoms with Crippen molar-refractivity contribution in [2.45, 2.75) is 6.92 Å². The number of Topliss-reactive ketones (excluding diaryl/α,β-unsaturated/α-hetero) is 1. The Kier molecular flexibility index (Phi) is 3.79. The van der Waals surface area contributed by atoms with Crippen LogP contribution in [0, 0.1) is 10.1 Å². The van der Waals surface area contributed by atoms with E-state index in [0.717, 1.165) is 11.4 Å². The molecule has 5 nitrogen and oxygen atoms in total. The Labute approximate surface area is 116 Å². The first kappa shape index (κ1) is 13.7. The summed E-state index contributed by atoms with van der Waals surface area (Å²) in [4.78, 5) is 23.8. The van der Waals surface area contributed by atoms with E-state index in [0.29, 0.717) is 0 Å². The number of anilines is 2. The van der Waals surface area contributed by atoms with Gasteiger partial charge in [-0.3, -0.25) is 14.9 Å². The van der Waals surface area contributed by atoms with E-state index in [-0.39, 0.29) is 17.0 Å². The van der Waals surface area contributed by atoms with Crippen molar-refractivity contribution in [2.24, 2.45) is 0 Å². The third kappa shape index (κ3) is 2.66. The van der Waals surface area contributed by atoms with Crippen molar-refractivity contribution in [1.29, 1.82) is 0 Å². The molecule has 0 heterocycles. The standard InChI is InChI=1S/C15H14N2O3/c1-11(18)14-10-13(8-9-15(14)17(19)20)16(2)12-6-4-3-5-7-12/h3-10H,1-2H3. The quantitative estimate of drug-likeness (QED) is 0.484. The van der Waals surface area contributed by atoms with Crippen LogP contribution >= 0.6 is 0 Å². The van der Waals surface area contributed by atoms with Gasteiger partial charge in [0, 0.05) is 24.5 Å². The van der Waals surface area contributed by atoms with Gasteiger partial charge in [0.15, 0.2) is 5.78 Å². The van der Waals surface area contributed by atoms with Crippen LogP contribution < -0.4 is 4.90 Å². The van der Waals surface area contributed by atoms with Crippen LogP contribution in [0.2, 0.25) is 0 Å². The molecular weight excluding hydrogens is 256 g/mol. The van der Waals surface area contributed by atoms with Gasteiger partial charge in [0.05, 0.1) is 10.5 Å². The van der Waals surface area contributed by atoms with E-state index in [4.69, 9.17) is 0 Å². The van der Waals surface area contributed by atoms with Gasteiger partial charge in [0.2, 0.25) is 0 Å². The van der Waals surface area contributed by atoms with Crippen molar-refractivity contribution >= 4 is 22.8 Å². The normalized spacial score (nSPS) is 10.1. The molecule has 0 N–H and O–H groups in total. The molecule has 0 aliphatic heterocycles. The smallest absolute Gasteiger partial charge is 0.280 e. The Morgan fingerprint density at radius 3 is 2.30 bits per heavy atom. The Hall–Kier alpha value is -2.69. The van der Waals surface area contributed by atoms with E-state index in [9.17, 15) is 14.9 Å². The molecule has 0 spiro atoms. The van der Waals surface area contributed by atoms with Crippen molar-refractivity contribution in [3.63, 3.8) is 0 Å². The first-order valence-electron chi connectivity index (χ1n) is 6.09. The summed E-state index contributed by atoms with van der Waals surface area (Å²) < 4.78 is 0. The molecule has 20 heavy (non-hydrogen) atoms. The molecular formula is C15H14N2O3. The van der Waals surface area contributed by atoms with E-state index < -0.39 is 4.92 Å². The number of hydrogen-bond donors (Lipinski definition) is 0. The third-order valence-electron chi connectivity index (χ3n) is 3.09. The van der Waals surface area contributed by atoms with Gasteiger partial charge in [0.25, 0.3) is 5.69 Å². The number of rotatable bonds is 4. The first-order valence-corrected chi connectivity index (χ1v) is 6.09. The average Bonchev–Trinajstić information content (AvgIpc) is 2.46. The largest absolute Gasteiger partial charge is 0.345 e. The second-order valence-corrected chi connectivity index (χ2v) is 4.41. The van der Waals surface area contributed by atoms with Gasteiger partial charge in [-0.2, -0.15) is 0 Å². The van der Waals surface area contributed by atoms with Gasteiger partial charge in [-0.05, 0) is 31.2 Å². The minimum atomic E-state index is -0.539. The molecule has 0 bridgehead atoms. The molecule has 0 saturated heterocycles. The van der Waals surface area contributed by atoms with Gasteiger partial charge in [0.1, 0.15) is 0 Å². The number of nitrogens with zero attached hydrogens (tertiary/aromatic N) is 2. The van der Waals surface area contributed by atoms with Crippen LogP contribution in [0.15, 0.2) is 48.5 Å². The van der Waals surface area contributed by atoms with Gasteiger partial charge >= 0.3 is 0 Å². The number of hydrogen-bond acceptors (Lipinski definition) is 4. The molecule has 0 atom stereocenters. The van der Waals surface area contributed by atoms with Crippen LogP contribution in [0.25, 0.3) is 0 Å². The topological polar surface area (TPSA) is 63.5 Å². The number of carbonyl (C=O) groups excluding carboxylic acids is 1. The summed E-state index contributed by atoms with van der Waals surface area (Å²) in [7, 11) is 1.85. The van der Waals surface area contributed by atoms with Crippen molar-refractivity contribution < 1.29 is 9.72 Å². The number of carbonyl (C=O) groups is 1. The maximum atomic E-state index is 11.6. The molecule has 5 heteroatoms. The van der Waals surface area contributed by atoms with Gasteiger partial charge in [-0.25, -0.2) is 0 Å². The zero-order valence-corrected chi connectivity index (χ0v) is 11.2. The van der Waals surface area contributed by atoms with Crippen LogP contribution in [-0.2, 0) is 0 Å². The van der Waals surface area contributed by atoms with Crippen molar-refractivity contribution in [1.82, 2.24) is 0 Å². The van der Waals surface area contributed by atoms with Crippen LogP contribution in [0.3, 0.4) is 0 Å². The number of ketones is 1. The van der Waals surface area contributed by atoms with Crippen LogP contribution in [-0.4, -0.2) is 17.8 Å². The lowest BCUT2D eigenvalue weighted by Crippen LogP contribution is -2.10. The van der Waals surface area contributed by atoms with Gasteiger partial charge < -0.3 is 4.90 Å². The predicted octanol–water partition coefficient (Wildman–Crippen LogP) is 3.57. The van der Waals surface area contributed by atoms with Gasteiger partial charge in [-0.15, -0.1) is 0 Å². The maximum absolute atomic E-state index is 11.6. The lowest BCUT2D eigenvalue weighted by Gasteiger charge is -2.19. The molecule has 2 aromatic carbocycles. The highest BCUT2D eigenvalue weighted by Gasteiger charge is 2.18. The second-order valence-electron chi connectivity index (χ2n) is 4.41. The Balaban J connectivity index is 2.46. The molecule has 0 unspecified atom stereocenters. The summed E-state index contributed by atoms with van der Waals surface area (Å²) in [6.45, 7) is 1.33. The fourth-order valence-corrected chi connectivity index (χ4v) is 1.97. The lowest BCUT2D eigenvalue weighted by molar-refractivity contribution is -0.385. The van der Waals surface area contributed by atoms with E-state index in [2.05, 4.69) is 0 Å². The molecule has 0 amide bonds. The van der Waals surface area contributed by atoms with Crippen LogP contribution in [0.5, 0.6) is 0 Å². The Bertz CT molecular complexity index is 653. The fourth-order valence-electron chi connectivity index (χ4n) is 1.97. The number of benzene rings is 2. The minimum absolute atomic E-state index is 0.121. The Morgan fingerprint density at radius 2 is 1.75 bits per heavy atom. The molecule has 0 fully saturated rings. The summed E-state index contributed by atoms with van der Waals surface area (Å²) in [6, 6.07) is 14.1. The highest BCUT2D eigenvalue weighted by molar-refractivity contribution is 5.99. The van der Waals surface area contributed by atoms with E-state index in [1.165, 1.54) is 13.0 Å². The average molecular weight is 270 g/mol. The number of para-hydroxylation sites is 1. The summed E-state index contributed by atoms with van der Waals surface area (Å²) in [5.74, 6) is -0.319. The Morgan fingerprint density at radius 1 is 1.10 bits per heavy atom. The van der Waals surface area contributed by atoms with E-state index in [1.54, 1.807) is 12.1 Å². The molecule has 2 rings (SSSR count). The van der Waals surface area contributed by atoms with Crippen molar-refractivity contribution in [2.75, 3.05) is 11.9 Å². The predicted molar refractivity (Wildman–Crippen MR) is 77.6 cm³/mol. The zero-order valence-electron chi connectivity index (χ0n) is 11.2. The van der Waals surface area contributed by atoms with Crippen molar-refractivity contribution in [3.8, 4) is 0 Å². The summed E-state index contributed by atoms with van der Waals surface area (Å²) in [5.41, 5.74) is 1.63. The zero-order chi connectivity index (χ0) is 14.7. The molecule has 102 valence electrons. The molecule has 0 aromatic heterocycles. The lowest BCUT2D eigenvalue weighted by atomic mass is 10.1. The second kappa shape index (κ2) is 5.52. The minimum Gasteiger partial charge on any atom is -0.345 e. The van der Waals surface area contributed by atoms with Crippen LogP contribution in [0.1, 0.15) is 17.3 Å². The van der Waals surface area contributed by atoms with E-state index >= 15 is 0 Å². The third-order valence-corrected chi connectivity index (χ3v) is 3.09. The SMILES string of the molecule is CC(=O)c1cc(N(C)c2ccccc2)ccc1[N+](=O)[O-]. The summed E-state index contributed by atoms with van der Waals surface area (Å²) >= 11 is 0. The maximum Gasteiger partial charge on any atom is 0.280 e. The highest BCUT2D eigenvalue weighted by atomic mass is 16.6. The number of nitro benzene ring substituents is 1. The summed E-state index contributed by atoms with van der Waals surface area (Å²) in [5, 5.41) is 10.9. The molecule has 0 aliphatic carbocycles. The fraction of sp³-hybridized carbons (Fsp3) is 0.133. The molecule has 0 radical (unpaired) electrons. The van der Waals surface area contributed by atoms with Gasteiger partial charge in [-0.1, -0.05) is 18.2 Å². The van der Waals surface area contributed by atoms with Crippen molar-refractivity contribution in [3.05, 3.63) is 64.2 Å². The highest BCUT2D eigenvalue weighted by Crippen LogP contribution is 2.28. The number of nitro groups is 1. The molecule has 0 aliphatic rings. The molecule has 2 aromatic rings. The summed E-state index contributed by atoms with van der Waals surface area (Å²) in [6.07, 6.45) is 0. The van der Waals surface area contributed by atoms with E-state index in [1.807, 2.05) is 42.3 Å². The first-order chi connectivity index (χ1) is 9.50.